The Morgan fingerprint density at radius 2 is 1.65 bits per heavy atom. The van der Waals surface area contributed by atoms with Crippen molar-refractivity contribution < 1.29 is 0 Å². The van der Waals surface area contributed by atoms with Gasteiger partial charge in [-0.1, -0.05) is 35.3 Å². The molecule has 0 bridgehead atoms. The molecule has 26 heavy (non-hydrogen) atoms. The number of aromatic nitrogens is 2. The predicted molar refractivity (Wildman–Crippen MR) is 111 cm³/mol. The smallest absolute Gasteiger partial charge is 0.259 e. The highest BCUT2D eigenvalue weighted by Gasteiger charge is 2.17. The van der Waals surface area contributed by atoms with Gasteiger partial charge in [0.2, 0.25) is 0 Å². The summed E-state index contributed by atoms with van der Waals surface area (Å²) in [5.74, 6) is 0.438. The van der Waals surface area contributed by atoms with Crippen LogP contribution in [0.1, 0.15) is 5.56 Å². The SMILES string of the molecule is Cn1c(=O)c(-c2ccc(Cl)cc2Cl)cc2c3cc(CCl)ccc3n(C)c21. The topological polar surface area (TPSA) is 26.9 Å². The summed E-state index contributed by atoms with van der Waals surface area (Å²) in [5.41, 5.74) is 4.04. The van der Waals surface area contributed by atoms with E-state index in [4.69, 9.17) is 34.8 Å². The molecule has 0 radical (unpaired) electrons. The van der Waals surface area contributed by atoms with Crippen molar-refractivity contribution in [1.82, 2.24) is 9.13 Å². The summed E-state index contributed by atoms with van der Waals surface area (Å²) in [4.78, 5) is 13.0. The molecule has 4 rings (SSSR count). The first-order valence-electron chi connectivity index (χ1n) is 8.05. The van der Waals surface area contributed by atoms with Gasteiger partial charge in [-0.3, -0.25) is 9.36 Å². The molecule has 0 N–H and O–H groups in total. The lowest BCUT2D eigenvalue weighted by Crippen LogP contribution is -2.20. The van der Waals surface area contributed by atoms with Crippen molar-refractivity contribution in [2.45, 2.75) is 5.88 Å². The minimum Gasteiger partial charge on any atom is -0.330 e. The van der Waals surface area contributed by atoms with Gasteiger partial charge in [0.05, 0.1) is 10.5 Å². The maximum Gasteiger partial charge on any atom is 0.259 e. The van der Waals surface area contributed by atoms with Gasteiger partial charge in [-0.2, -0.15) is 0 Å². The fraction of sp³-hybridized carbons (Fsp3) is 0.150. The summed E-state index contributed by atoms with van der Waals surface area (Å²) in [6, 6.07) is 13.2. The van der Waals surface area contributed by atoms with E-state index in [0.29, 0.717) is 27.1 Å². The Balaban J connectivity index is 2.15. The number of alkyl halides is 1. The van der Waals surface area contributed by atoms with E-state index in [1.165, 1.54) is 0 Å². The van der Waals surface area contributed by atoms with E-state index in [1.54, 1.807) is 29.8 Å². The van der Waals surface area contributed by atoms with Crippen molar-refractivity contribution in [3.63, 3.8) is 0 Å². The molecule has 0 amide bonds. The Morgan fingerprint density at radius 1 is 0.885 bits per heavy atom. The van der Waals surface area contributed by atoms with E-state index in [2.05, 4.69) is 6.07 Å². The number of nitrogens with zero attached hydrogens (tertiary/aromatic N) is 2. The lowest BCUT2D eigenvalue weighted by Gasteiger charge is -2.09. The van der Waals surface area contributed by atoms with E-state index >= 15 is 0 Å². The molecule has 0 spiro atoms. The van der Waals surface area contributed by atoms with Crippen molar-refractivity contribution in [3.8, 4) is 11.1 Å². The van der Waals surface area contributed by atoms with Crippen molar-refractivity contribution >= 4 is 56.7 Å². The lowest BCUT2D eigenvalue weighted by molar-refractivity contribution is 0.846. The summed E-state index contributed by atoms with van der Waals surface area (Å²) >= 11 is 18.4. The second-order valence-corrected chi connectivity index (χ2v) is 7.44. The standard InChI is InChI=1S/C20H15Cl3N2O/c1-24-18-6-3-11(10-21)7-14(18)15-9-16(20(26)25(2)19(15)24)13-5-4-12(22)8-17(13)23/h3-9H,10H2,1-2H3. The first-order valence-corrected chi connectivity index (χ1v) is 9.34. The van der Waals surface area contributed by atoms with Crippen molar-refractivity contribution in [3.05, 3.63) is 68.4 Å². The second-order valence-electron chi connectivity index (χ2n) is 6.33. The molecule has 0 aliphatic carbocycles. The number of hydrogen-bond donors (Lipinski definition) is 0. The quantitative estimate of drug-likeness (QED) is 0.390. The van der Waals surface area contributed by atoms with Crippen molar-refractivity contribution in [1.29, 1.82) is 0 Å². The van der Waals surface area contributed by atoms with Gasteiger partial charge in [0.1, 0.15) is 5.65 Å². The third kappa shape index (κ3) is 2.54. The van der Waals surface area contributed by atoms with E-state index < -0.39 is 0 Å². The summed E-state index contributed by atoms with van der Waals surface area (Å²) in [6.07, 6.45) is 0. The fourth-order valence-electron chi connectivity index (χ4n) is 3.52. The molecule has 0 aliphatic rings. The van der Waals surface area contributed by atoms with Gasteiger partial charge < -0.3 is 4.57 Å². The molecule has 0 aliphatic heterocycles. The summed E-state index contributed by atoms with van der Waals surface area (Å²) < 4.78 is 3.69. The molecule has 4 aromatic rings. The molecule has 0 atom stereocenters. The first-order chi connectivity index (χ1) is 12.4. The molecule has 0 unspecified atom stereocenters. The average Bonchev–Trinajstić information content (AvgIpc) is 2.90. The van der Waals surface area contributed by atoms with Crippen LogP contribution in [0.15, 0.2) is 47.3 Å². The van der Waals surface area contributed by atoms with Gasteiger partial charge in [0, 0.05) is 46.9 Å². The Bertz CT molecular complexity index is 1240. The third-order valence-corrected chi connectivity index (χ3v) is 5.64. The first kappa shape index (κ1) is 17.5. The van der Waals surface area contributed by atoms with E-state index in [9.17, 15) is 4.79 Å². The van der Waals surface area contributed by atoms with E-state index in [0.717, 1.165) is 27.5 Å². The zero-order valence-corrected chi connectivity index (χ0v) is 16.5. The molecule has 0 fully saturated rings. The van der Waals surface area contributed by atoms with Crippen LogP contribution < -0.4 is 5.56 Å². The van der Waals surface area contributed by atoms with Crippen LogP contribution in [0.25, 0.3) is 33.1 Å². The Labute approximate surface area is 165 Å². The van der Waals surface area contributed by atoms with Crippen LogP contribution in [-0.2, 0) is 20.0 Å². The van der Waals surface area contributed by atoms with Gasteiger partial charge in [-0.15, -0.1) is 11.6 Å². The Morgan fingerprint density at radius 3 is 2.35 bits per heavy atom. The monoisotopic (exact) mass is 404 g/mol. The molecule has 0 saturated carbocycles. The normalized spacial score (nSPS) is 11.6. The molecule has 2 heterocycles. The number of rotatable bonds is 2. The molecule has 0 saturated heterocycles. The van der Waals surface area contributed by atoms with Crippen LogP contribution in [0.4, 0.5) is 0 Å². The molecule has 2 aromatic carbocycles. The van der Waals surface area contributed by atoms with Gasteiger partial charge >= 0.3 is 0 Å². The molecule has 6 heteroatoms. The number of fused-ring (bicyclic) bond motifs is 3. The maximum absolute atomic E-state index is 13.0. The minimum absolute atomic E-state index is 0.106. The highest BCUT2D eigenvalue weighted by molar-refractivity contribution is 6.36. The summed E-state index contributed by atoms with van der Waals surface area (Å²) in [5, 5.41) is 3.03. The molecular weight excluding hydrogens is 391 g/mol. The van der Waals surface area contributed by atoms with Gasteiger partial charge in [0.25, 0.3) is 5.56 Å². The van der Waals surface area contributed by atoms with E-state index in [1.807, 2.05) is 29.8 Å². The van der Waals surface area contributed by atoms with Crippen LogP contribution in [0.5, 0.6) is 0 Å². The average molecular weight is 406 g/mol. The number of pyridine rings is 1. The molecule has 3 nitrogen and oxygen atoms in total. The number of benzene rings is 2. The Hall–Kier alpha value is -1.94. The van der Waals surface area contributed by atoms with E-state index in [-0.39, 0.29) is 5.56 Å². The number of halogens is 3. The largest absolute Gasteiger partial charge is 0.330 e. The minimum atomic E-state index is -0.106. The van der Waals surface area contributed by atoms with Crippen molar-refractivity contribution in [2.75, 3.05) is 0 Å². The van der Waals surface area contributed by atoms with Gasteiger partial charge in [0.15, 0.2) is 0 Å². The zero-order valence-electron chi connectivity index (χ0n) is 14.2. The molecular formula is C20H15Cl3N2O. The lowest BCUT2D eigenvalue weighted by atomic mass is 10.0. The maximum atomic E-state index is 13.0. The summed E-state index contributed by atoms with van der Waals surface area (Å²) in [7, 11) is 3.73. The Kier molecular flexibility index (Phi) is 4.26. The van der Waals surface area contributed by atoms with Gasteiger partial charge in [-0.05, 0) is 35.9 Å². The molecule has 2 aromatic heterocycles. The second kappa shape index (κ2) is 6.34. The zero-order chi connectivity index (χ0) is 18.6. The van der Waals surface area contributed by atoms with Crippen molar-refractivity contribution in [2.24, 2.45) is 14.1 Å². The third-order valence-electron chi connectivity index (χ3n) is 4.79. The van der Waals surface area contributed by atoms with Crippen LogP contribution in [0.3, 0.4) is 0 Å². The van der Waals surface area contributed by atoms with Crippen LogP contribution in [0.2, 0.25) is 10.0 Å². The van der Waals surface area contributed by atoms with Crippen LogP contribution >= 0.6 is 34.8 Å². The highest BCUT2D eigenvalue weighted by atomic mass is 35.5. The number of aryl methyl sites for hydroxylation is 2. The van der Waals surface area contributed by atoms with Gasteiger partial charge in [-0.25, -0.2) is 0 Å². The molecule has 132 valence electrons. The number of hydrogen-bond acceptors (Lipinski definition) is 1. The van der Waals surface area contributed by atoms with Crippen LogP contribution in [-0.4, -0.2) is 9.13 Å². The van der Waals surface area contributed by atoms with Crippen LogP contribution in [0, 0.1) is 0 Å². The predicted octanol–water partition coefficient (Wildman–Crippen LogP) is 5.74. The fourth-order valence-corrected chi connectivity index (χ4v) is 4.20. The highest BCUT2D eigenvalue weighted by Crippen LogP contribution is 2.33. The summed E-state index contributed by atoms with van der Waals surface area (Å²) in [6.45, 7) is 0.